The molecule has 2 heterocycles. The molecule has 0 bridgehead atoms. The van der Waals surface area contributed by atoms with Crippen LogP contribution in [0.3, 0.4) is 0 Å². The van der Waals surface area contributed by atoms with E-state index < -0.39 is 10.0 Å². The van der Waals surface area contributed by atoms with Gasteiger partial charge in [0.2, 0.25) is 10.0 Å². The maximum Gasteiger partial charge on any atom is 0.243 e. The van der Waals surface area contributed by atoms with Gasteiger partial charge in [-0.15, -0.1) is 11.3 Å². The molecule has 0 saturated carbocycles. The van der Waals surface area contributed by atoms with E-state index in [4.69, 9.17) is 9.73 Å². The molecular weight excluding hydrogens is 492 g/mol. The highest BCUT2D eigenvalue weighted by Gasteiger charge is 2.21. The second-order valence-electron chi connectivity index (χ2n) is 8.92. The fraction of sp³-hybridized carbons (Fsp3) is 0.444. The Morgan fingerprint density at radius 1 is 0.972 bits per heavy atom. The SMILES string of the molecule is CCN(CC)S(=O)(=O)c1ccc(-c2csc(=Nc3ccc(C)cc3)n2CCCN2CCOCC2)cc1. The molecule has 1 fully saturated rings. The summed E-state index contributed by atoms with van der Waals surface area (Å²) in [5.74, 6) is 0. The Kier molecular flexibility index (Phi) is 9.14. The minimum atomic E-state index is -3.48. The Hall–Kier alpha value is -2.30. The van der Waals surface area contributed by atoms with E-state index in [0.717, 1.165) is 67.6 Å². The van der Waals surface area contributed by atoms with Crippen molar-refractivity contribution in [3.8, 4) is 11.3 Å². The highest BCUT2D eigenvalue weighted by atomic mass is 32.2. The van der Waals surface area contributed by atoms with E-state index in [-0.39, 0.29) is 0 Å². The van der Waals surface area contributed by atoms with Crippen molar-refractivity contribution in [2.24, 2.45) is 4.99 Å². The van der Waals surface area contributed by atoms with Crippen molar-refractivity contribution in [1.29, 1.82) is 0 Å². The molecule has 0 atom stereocenters. The minimum absolute atomic E-state index is 0.327. The Balaban J connectivity index is 1.64. The Morgan fingerprint density at radius 3 is 2.28 bits per heavy atom. The van der Waals surface area contributed by atoms with Crippen molar-refractivity contribution in [2.75, 3.05) is 45.9 Å². The van der Waals surface area contributed by atoms with Crippen LogP contribution in [0.25, 0.3) is 11.3 Å². The molecule has 3 aromatic rings. The lowest BCUT2D eigenvalue weighted by Gasteiger charge is -2.26. The summed E-state index contributed by atoms with van der Waals surface area (Å²) in [5.41, 5.74) is 4.18. The number of nitrogens with zero attached hydrogens (tertiary/aromatic N) is 4. The smallest absolute Gasteiger partial charge is 0.243 e. The van der Waals surface area contributed by atoms with Gasteiger partial charge in [0.1, 0.15) is 0 Å². The molecule has 1 aliphatic rings. The molecule has 36 heavy (non-hydrogen) atoms. The third-order valence-electron chi connectivity index (χ3n) is 6.51. The molecule has 1 aromatic heterocycles. The second-order valence-corrected chi connectivity index (χ2v) is 11.7. The largest absolute Gasteiger partial charge is 0.379 e. The molecule has 1 saturated heterocycles. The van der Waals surface area contributed by atoms with Gasteiger partial charge in [-0.2, -0.15) is 4.31 Å². The van der Waals surface area contributed by atoms with Crippen molar-refractivity contribution < 1.29 is 13.2 Å². The van der Waals surface area contributed by atoms with Gasteiger partial charge in [0.05, 0.1) is 29.5 Å². The highest BCUT2D eigenvalue weighted by molar-refractivity contribution is 7.89. The van der Waals surface area contributed by atoms with E-state index in [1.165, 1.54) is 9.87 Å². The van der Waals surface area contributed by atoms with Gasteiger partial charge in [0.15, 0.2) is 4.80 Å². The van der Waals surface area contributed by atoms with Crippen LogP contribution in [-0.2, 0) is 21.3 Å². The summed E-state index contributed by atoms with van der Waals surface area (Å²) in [6.07, 6.45) is 0.999. The van der Waals surface area contributed by atoms with Gasteiger partial charge >= 0.3 is 0 Å². The number of morpholine rings is 1. The molecule has 2 aromatic carbocycles. The molecule has 0 spiro atoms. The summed E-state index contributed by atoms with van der Waals surface area (Å²) < 4.78 is 35.1. The second kappa shape index (κ2) is 12.3. The minimum Gasteiger partial charge on any atom is -0.379 e. The molecule has 0 aliphatic carbocycles. The van der Waals surface area contributed by atoms with Gasteiger partial charge in [-0.05, 0) is 43.2 Å². The van der Waals surface area contributed by atoms with Crippen molar-refractivity contribution in [1.82, 2.24) is 13.8 Å². The van der Waals surface area contributed by atoms with Gasteiger partial charge in [0.25, 0.3) is 0 Å². The maximum absolute atomic E-state index is 12.9. The van der Waals surface area contributed by atoms with Crippen LogP contribution in [0.1, 0.15) is 25.8 Å². The summed E-state index contributed by atoms with van der Waals surface area (Å²) >= 11 is 1.61. The molecular formula is C27H36N4O3S2. The maximum atomic E-state index is 12.9. The molecule has 0 N–H and O–H groups in total. The molecule has 9 heteroatoms. The van der Waals surface area contributed by atoms with Crippen molar-refractivity contribution in [3.05, 3.63) is 64.3 Å². The first-order valence-corrected chi connectivity index (χ1v) is 14.9. The van der Waals surface area contributed by atoms with E-state index in [0.29, 0.717) is 18.0 Å². The van der Waals surface area contributed by atoms with Crippen molar-refractivity contribution in [2.45, 2.75) is 38.6 Å². The van der Waals surface area contributed by atoms with Gasteiger partial charge in [-0.25, -0.2) is 13.4 Å². The summed E-state index contributed by atoms with van der Waals surface area (Å²) in [5, 5.41) is 2.12. The fourth-order valence-electron chi connectivity index (χ4n) is 4.38. The normalized spacial score (nSPS) is 15.6. The monoisotopic (exact) mass is 528 g/mol. The van der Waals surface area contributed by atoms with Crippen molar-refractivity contribution in [3.63, 3.8) is 0 Å². The van der Waals surface area contributed by atoms with Crippen LogP contribution in [0.5, 0.6) is 0 Å². The summed E-state index contributed by atoms with van der Waals surface area (Å²) in [7, 11) is -3.48. The quantitative estimate of drug-likeness (QED) is 0.388. The van der Waals surface area contributed by atoms with Crippen LogP contribution in [0.15, 0.2) is 63.8 Å². The van der Waals surface area contributed by atoms with E-state index in [9.17, 15) is 8.42 Å². The number of benzene rings is 2. The van der Waals surface area contributed by atoms with Crippen LogP contribution in [0, 0.1) is 6.92 Å². The number of thiazole rings is 1. The first-order chi connectivity index (χ1) is 17.4. The van der Waals surface area contributed by atoms with E-state index in [1.807, 2.05) is 38.1 Å². The topological polar surface area (TPSA) is 67.1 Å². The van der Waals surface area contributed by atoms with Crippen LogP contribution in [-0.4, -0.2) is 68.1 Å². The Morgan fingerprint density at radius 2 is 1.64 bits per heavy atom. The van der Waals surface area contributed by atoms with Gasteiger partial charge in [-0.3, -0.25) is 4.90 Å². The van der Waals surface area contributed by atoms with E-state index in [1.54, 1.807) is 23.5 Å². The molecule has 0 unspecified atom stereocenters. The zero-order chi connectivity index (χ0) is 25.5. The zero-order valence-electron chi connectivity index (χ0n) is 21.4. The summed E-state index contributed by atoms with van der Waals surface area (Å²) in [6.45, 7) is 12.1. The Labute approximate surface area is 218 Å². The third-order valence-corrected chi connectivity index (χ3v) is 9.44. The molecule has 0 radical (unpaired) electrons. The number of ether oxygens (including phenoxy) is 1. The summed E-state index contributed by atoms with van der Waals surface area (Å²) in [4.78, 5) is 8.65. The number of aromatic nitrogens is 1. The first-order valence-electron chi connectivity index (χ1n) is 12.6. The number of aryl methyl sites for hydroxylation is 1. The average molecular weight is 529 g/mol. The van der Waals surface area contributed by atoms with Crippen LogP contribution in [0.4, 0.5) is 5.69 Å². The van der Waals surface area contributed by atoms with Crippen LogP contribution in [0.2, 0.25) is 0 Å². The lowest BCUT2D eigenvalue weighted by molar-refractivity contribution is 0.0369. The molecule has 194 valence electrons. The molecule has 7 nitrogen and oxygen atoms in total. The third kappa shape index (κ3) is 6.33. The fourth-order valence-corrected chi connectivity index (χ4v) is 6.80. The lowest BCUT2D eigenvalue weighted by Crippen LogP contribution is -2.37. The lowest BCUT2D eigenvalue weighted by atomic mass is 10.1. The first kappa shape index (κ1) is 26.8. The predicted molar refractivity (Wildman–Crippen MR) is 146 cm³/mol. The van der Waals surface area contributed by atoms with Gasteiger partial charge in [-0.1, -0.05) is 43.7 Å². The number of hydrogen-bond acceptors (Lipinski definition) is 6. The van der Waals surface area contributed by atoms with Gasteiger partial charge in [0, 0.05) is 44.6 Å². The zero-order valence-corrected chi connectivity index (χ0v) is 23.0. The van der Waals surface area contributed by atoms with Crippen molar-refractivity contribution >= 4 is 27.0 Å². The van der Waals surface area contributed by atoms with Crippen LogP contribution < -0.4 is 4.80 Å². The average Bonchev–Trinajstić information content (AvgIpc) is 3.29. The van der Waals surface area contributed by atoms with E-state index >= 15 is 0 Å². The molecule has 1 aliphatic heterocycles. The number of rotatable bonds is 10. The Bertz CT molecular complexity index is 1290. The summed E-state index contributed by atoms with van der Waals surface area (Å²) in [6, 6.07) is 15.5. The van der Waals surface area contributed by atoms with E-state index in [2.05, 4.69) is 33.9 Å². The van der Waals surface area contributed by atoms with Crippen LogP contribution >= 0.6 is 11.3 Å². The number of hydrogen-bond donors (Lipinski definition) is 0. The number of sulfonamides is 1. The molecule has 4 rings (SSSR count). The molecule has 0 amide bonds. The van der Waals surface area contributed by atoms with Gasteiger partial charge < -0.3 is 9.30 Å². The highest BCUT2D eigenvalue weighted by Crippen LogP contribution is 2.25. The standard InChI is InChI=1S/C27H36N4O3S2/c1-4-30(5-2)36(32,33)25-13-9-23(10-14-25)26-21-35-27(28-24-11-7-22(3)8-12-24)31(26)16-6-15-29-17-19-34-20-18-29/h7-14,21H,4-6,15-20H2,1-3H3. The predicted octanol–water partition coefficient (Wildman–Crippen LogP) is 4.51.